The molecule has 1 N–H and O–H groups in total. The van der Waals surface area contributed by atoms with Crippen molar-refractivity contribution in [1.29, 1.82) is 0 Å². The van der Waals surface area contributed by atoms with Gasteiger partial charge in [0.05, 0.1) is 4.92 Å². The zero-order valence-corrected chi connectivity index (χ0v) is 12.4. The average molecular weight is 292 g/mol. The van der Waals surface area contributed by atoms with Gasteiger partial charge in [0.2, 0.25) is 0 Å². The highest BCUT2D eigenvalue weighted by Gasteiger charge is 2.18. The van der Waals surface area contributed by atoms with Gasteiger partial charge in [-0.2, -0.15) is 5.10 Å². The fourth-order valence-electron chi connectivity index (χ4n) is 2.12. The highest BCUT2D eigenvalue weighted by Crippen LogP contribution is 2.28. The Kier molecular flexibility index (Phi) is 3.99. The minimum atomic E-state index is -0.382. The van der Waals surface area contributed by atoms with Gasteiger partial charge in [-0.15, -0.1) is 0 Å². The van der Waals surface area contributed by atoms with Crippen LogP contribution in [0.25, 0.3) is 11.4 Å². The molecular formula is C13H16N4O2S. The molecule has 0 aliphatic rings. The van der Waals surface area contributed by atoms with Crippen molar-refractivity contribution in [2.24, 2.45) is 5.92 Å². The molecule has 0 atom stereocenters. The first-order valence-electron chi connectivity index (χ1n) is 6.31. The van der Waals surface area contributed by atoms with Crippen molar-refractivity contribution >= 4 is 17.9 Å². The second kappa shape index (κ2) is 5.54. The van der Waals surface area contributed by atoms with E-state index in [1.165, 1.54) is 6.07 Å². The van der Waals surface area contributed by atoms with Crippen LogP contribution in [0.1, 0.15) is 19.4 Å². The van der Waals surface area contributed by atoms with Gasteiger partial charge in [0.25, 0.3) is 5.69 Å². The van der Waals surface area contributed by atoms with Crippen molar-refractivity contribution in [3.8, 4) is 11.4 Å². The van der Waals surface area contributed by atoms with Gasteiger partial charge in [-0.25, -0.2) is 0 Å². The molecule has 0 aliphatic carbocycles. The Morgan fingerprint density at radius 2 is 2.20 bits per heavy atom. The van der Waals surface area contributed by atoms with Gasteiger partial charge in [0, 0.05) is 23.7 Å². The van der Waals surface area contributed by atoms with Gasteiger partial charge < -0.3 is 0 Å². The number of aromatic nitrogens is 3. The summed E-state index contributed by atoms with van der Waals surface area (Å²) in [7, 11) is 0. The molecule has 0 bridgehead atoms. The standard InChI is InChI=1S/C13H16N4O2S/c1-8(2)7-16-12(14-15-13(16)20)10-5-4-6-11(9(10)3)17(18)19/h4-6,8H,7H2,1-3H3,(H,15,20). The van der Waals surface area contributed by atoms with E-state index in [0.29, 0.717) is 28.6 Å². The third-order valence-corrected chi connectivity index (χ3v) is 3.36. The molecule has 20 heavy (non-hydrogen) atoms. The minimum Gasteiger partial charge on any atom is -0.300 e. The van der Waals surface area contributed by atoms with Crippen LogP contribution >= 0.6 is 12.2 Å². The average Bonchev–Trinajstić information content (AvgIpc) is 2.70. The second-order valence-electron chi connectivity index (χ2n) is 5.06. The molecule has 0 fully saturated rings. The molecule has 0 radical (unpaired) electrons. The molecule has 0 unspecified atom stereocenters. The largest absolute Gasteiger partial charge is 0.300 e. The summed E-state index contributed by atoms with van der Waals surface area (Å²) in [5.74, 6) is 1.04. The number of aromatic amines is 1. The number of benzene rings is 1. The Morgan fingerprint density at radius 3 is 2.80 bits per heavy atom. The van der Waals surface area contributed by atoms with Crippen LogP contribution < -0.4 is 0 Å². The summed E-state index contributed by atoms with van der Waals surface area (Å²) in [6, 6.07) is 4.98. The normalized spacial score (nSPS) is 11.0. The predicted molar refractivity (Wildman–Crippen MR) is 79.1 cm³/mol. The Balaban J connectivity index is 2.61. The predicted octanol–water partition coefficient (Wildman–Crippen LogP) is 3.48. The Morgan fingerprint density at radius 1 is 1.50 bits per heavy atom. The van der Waals surface area contributed by atoms with Crippen LogP contribution in [0.4, 0.5) is 5.69 Å². The topological polar surface area (TPSA) is 76.8 Å². The molecule has 1 aromatic carbocycles. The molecule has 106 valence electrons. The Hall–Kier alpha value is -2.02. The molecule has 7 heteroatoms. The van der Waals surface area contributed by atoms with Crippen molar-refractivity contribution in [3.05, 3.63) is 38.6 Å². The lowest BCUT2D eigenvalue weighted by atomic mass is 10.1. The molecule has 0 amide bonds. The molecule has 1 aromatic heterocycles. The van der Waals surface area contributed by atoms with Gasteiger partial charge >= 0.3 is 0 Å². The molecule has 2 rings (SSSR count). The van der Waals surface area contributed by atoms with Crippen LogP contribution in [0.2, 0.25) is 0 Å². The first-order valence-corrected chi connectivity index (χ1v) is 6.72. The van der Waals surface area contributed by atoms with Gasteiger partial charge in [0.15, 0.2) is 10.6 Å². The smallest absolute Gasteiger partial charge is 0.273 e. The number of nitro groups is 1. The quantitative estimate of drug-likeness (QED) is 0.531. The third kappa shape index (κ3) is 2.62. The van der Waals surface area contributed by atoms with E-state index in [0.717, 1.165) is 5.56 Å². The number of nitro benzene ring substituents is 1. The summed E-state index contributed by atoms with van der Waals surface area (Å²) < 4.78 is 2.41. The van der Waals surface area contributed by atoms with E-state index in [2.05, 4.69) is 24.0 Å². The van der Waals surface area contributed by atoms with Crippen LogP contribution in [0.5, 0.6) is 0 Å². The van der Waals surface area contributed by atoms with Gasteiger partial charge in [-0.1, -0.05) is 26.0 Å². The van der Waals surface area contributed by atoms with Crippen molar-refractivity contribution in [1.82, 2.24) is 14.8 Å². The fourth-order valence-corrected chi connectivity index (χ4v) is 2.33. The summed E-state index contributed by atoms with van der Waals surface area (Å²) in [5.41, 5.74) is 1.41. The maximum Gasteiger partial charge on any atom is 0.273 e. The first-order chi connectivity index (χ1) is 9.41. The number of hydrogen-bond acceptors (Lipinski definition) is 4. The van der Waals surface area contributed by atoms with E-state index in [4.69, 9.17) is 12.2 Å². The van der Waals surface area contributed by atoms with Crippen LogP contribution in [0, 0.1) is 27.7 Å². The van der Waals surface area contributed by atoms with Gasteiger partial charge in [0.1, 0.15) is 0 Å². The second-order valence-corrected chi connectivity index (χ2v) is 5.45. The lowest BCUT2D eigenvalue weighted by Crippen LogP contribution is -2.07. The highest BCUT2D eigenvalue weighted by atomic mass is 32.1. The van der Waals surface area contributed by atoms with E-state index < -0.39 is 0 Å². The molecule has 1 heterocycles. The van der Waals surface area contributed by atoms with Crippen LogP contribution in [-0.2, 0) is 6.54 Å². The fraction of sp³-hybridized carbons (Fsp3) is 0.385. The summed E-state index contributed by atoms with van der Waals surface area (Å²) in [4.78, 5) is 10.6. The SMILES string of the molecule is Cc1c(-c2n[nH]c(=S)n2CC(C)C)cccc1[N+](=O)[O-]. The number of rotatable bonds is 4. The maximum absolute atomic E-state index is 11.0. The lowest BCUT2D eigenvalue weighted by Gasteiger charge is -2.11. The number of nitrogens with one attached hydrogen (secondary N) is 1. The molecule has 2 aromatic rings. The first kappa shape index (κ1) is 14.4. The van der Waals surface area contributed by atoms with Gasteiger partial charge in [-0.3, -0.25) is 19.8 Å². The number of H-pyrrole nitrogens is 1. The highest BCUT2D eigenvalue weighted by molar-refractivity contribution is 7.71. The molecule has 0 aliphatic heterocycles. The van der Waals surface area contributed by atoms with Crippen molar-refractivity contribution in [2.75, 3.05) is 0 Å². The Labute approximate surface area is 121 Å². The van der Waals surface area contributed by atoms with Crippen LogP contribution in [-0.4, -0.2) is 19.7 Å². The van der Waals surface area contributed by atoms with E-state index in [-0.39, 0.29) is 10.6 Å². The van der Waals surface area contributed by atoms with E-state index in [1.807, 2.05) is 10.6 Å². The summed E-state index contributed by atoms with van der Waals surface area (Å²) in [5, 5.41) is 18.0. The Bertz CT molecular complexity index is 703. The number of nitrogens with zero attached hydrogens (tertiary/aromatic N) is 3. The molecule has 6 nitrogen and oxygen atoms in total. The summed E-state index contributed by atoms with van der Waals surface area (Å²) in [6.45, 7) is 6.61. The zero-order valence-electron chi connectivity index (χ0n) is 11.6. The third-order valence-electron chi connectivity index (χ3n) is 3.05. The molecule has 0 saturated carbocycles. The molecule has 0 spiro atoms. The van der Waals surface area contributed by atoms with Crippen LogP contribution in [0.3, 0.4) is 0 Å². The lowest BCUT2D eigenvalue weighted by molar-refractivity contribution is -0.385. The van der Waals surface area contributed by atoms with E-state index in [1.54, 1.807) is 13.0 Å². The van der Waals surface area contributed by atoms with Crippen molar-refractivity contribution in [2.45, 2.75) is 27.3 Å². The van der Waals surface area contributed by atoms with Crippen molar-refractivity contribution in [3.63, 3.8) is 0 Å². The van der Waals surface area contributed by atoms with Crippen molar-refractivity contribution < 1.29 is 4.92 Å². The summed E-state index contributed by atoms with van der Waals surface area (Å²) in [6.07, 6.45) is 0. The molecule has 0 saturated heterocycles. The van der Waals surface area contributed by atoms with Crippen LogP contribution in [0.15, 0.2) is 18.2 Å². The van der Waals surface area contributed by atoms with E-state index >= 15 is 0 Å². The van der Waals surface area contributed by atoms with E-state index in [9.17, 15) is 10.1 Å². The monoisotopic (exact) mass is 292 g/mol. The zero-order chi connectivity index (χ0) is 14.9. The minimum absolute atomic E-state index is 0.0903. The van der Waals surface area contributed by atoms with Gasteiger partial charge in [-0.05, 0) is 25.1 Å². The number of hydrogen-bond donors (Lipinski definition) is 1. The molecular weight excluding hydrogens is 276 g/mol. The summed E-state index contributed by atoms with van der Waals surface area (Å²) >= 11 is 5.23. The maximum atomic E-state index is 11.0.